The molecule has 0 aliphatic carbocycles. The zero-order chi connectivity index (χ0) is 18.2. The molecule has 0 heterocycles. The van der Waals surface area contributed by atoms with Gasteiger partial charge in [0.1, 0.15) is 5.82 Å². The van der Waals surface area contributed by atoms with Crippen LogP contribution in [-0.4, -0.2) is 22.6 Å². The molecule has 6 nitrogen and oxygen atoms in total. The van der Waals surface area contributed by atoms with Gasteiger partial charge in [-0.3, -0.25) is 4.79 Å². The van der Waals surface area contributed by atoms with E-state index in [2.05, 4.69) is 16.2 Å². The van der Waals surface area contributed by atoms with Crippen LogP contribution in [0.2, 0.25) is 0 Å². The van der Waals surface area contributed by atoms with E-state index in [9.17, 15) is 14.3 Å². The van der Waals surface area contributed by atoms with E-state index in [1.807, 2.05) is 6.92 Å². The number of aromatic hydroxyl groups is 1. The summed E-state index contributed by atoms with van der Waals surface area (Å²) >= 11 is 4.94. The number of phenols is 1. The second-order valence-corrected chi connectivity index (χ2v) is 5.35. The SMILES string of the molecule is CCOc1cccc(CNNC(=S)C(=O)Nc2ccccc2F)c1O. The number of nitrogens with one attached hydrogen (secondary N) is 3. The van der Waals surface area contributed by atoms with Crippen molar-refractivity contribution in [3.8, 4) is 11.5 Å². The molecule has 2 aromatic rings. The maximum absolute atomic E-state index is 13.5. The molecule has 25 heavy (non-hydrogen) atoms. The van der Waals surface area contributed by atoms with Crippen molar-refractivity contribution >= 4 is 28.8 Å². The molecule has 0 aliphatic rings. The minimum Gasteiger partial charge on any atom is -0.504 e. The topological polar surface area (TPSA) is 82.6 Å². The molecule has 1 amide bonds. The Balaban J connectivity index is 1.87. The number of benzene rings is 2. The molecule has 0 aliphatic heterocycles. The minimum atomic E-state index is -0.653. The lowest BCUT2D eigenvalue weighted by atomic mass is 10.2. The maximum Gasteiger partial charge on any atom is 0.284 e. The minimum absolute atomic E-state index is 0.0142. The number of para-hydroxylation sites is 2. The fraction of sp³-hybridized carbons (Fsp3) is 0.176. The van der Waals surface area contributed by atoms with E-state index in [1.165, 1.54) is 18.2 Å². The highest BCUT2D eigenvalue weighted by Crippen LogP contribution is 2.29. The van der Waals surface area contributed by atoms with Gasteiger partial charge in [0, 0.05) is 12.1 Å². The molecule has 0 aromatic heterocycles. The lowest BCUT2D eigenvalue weighted by molar-refractivity contribution is -0.110. The number of amides is 1. The summed E-state index contributed by atoms with van der Waals surface area (Å²) < 4.78 is 18.8. The van der Waals surface area contributed by atoms with Crippen molar-refractivity contribution in [2.45, 2.75) is 13.5 Å². The molecular formula is C17H18FN3O3S. The third-order valence-electron chi connectivity index (χ3n) is 3.19. The van der Waals surface area contributed by atoms with Gasteiger partial charge >= 0.3 is 0 Å². The Bertz CT molecular complexity index is 771. The Kier molecular flexibility index (Phi) is 6.67. The Hall–Kier alpha value is -2.71. The summed E-state index contributed by atoms with van der Waals surface area (Å²) in [5, 5.41) is 12.4. The molecule has 0 spiro atoms. The van der Waals surface area contributed by atoms with Crippen LogP contribution < -0.4 is 20.9 Å². The molecule has 132 valence electrons. The first kappa shape index (κ1) is 18.6. The normalized spacial score (nSPS) is 10.2. The molecule has 0 bridgehead atoms. The van der Waals surface area contributed by atoms with Crippen LogP contribution in [0.1, 0.15) is 12.5 Å². The predicted octanol–water partition coefficient (Wildman–Crippen LogP) is 2.49. The summed E-state index contributed by atoms with van der Waals surface area (Å²) in [6.45, 7) is 2.45. The summed E-state index contributed by atoms with van der Waals surface area (Å²) in [6, 6.07) is 10.9. The van der Waals surface area contributed by atoms with Crippen LogP contribution in [0, 0.1) is 5.82 Å². The second-order valence-electron chi connectivity index (χ2n) is 4.94. The van der Waals surface area contributed by atoms with Gasteiger partial charge in [-0.25, -0.2) is 9.82 Å². The van der Waals surface area contributed by atoms with Crippen molar-refractivity contribution in [3.63, 3.8) is 0 Å². The molecule has 0 saturated carbocycles. The largest absolute Gasteiger partial charge is 0.504 e. The number of phenolic OH excluding ortho intramolecular Hbond substituents is 1. The summed E-state index contributed by atoms with van der Waals surface area (Å²) in [4.78, 5) is 11.8. The van der Waals surface area contributed by atoms with Crippen molar-refractivity contribution in [1.29, 1.82) is 0 Å². The first-order valence-electron chi connectivity index (χ1n) is 7.55. The summed E-state index contributed by atoms with van der Waals surface area (Å²) in [5.74, 6) is -0.814. The number of ether oxygens (including phenoxy) is 1. The number of carbonyl (C=O) groups excluding carboxylic acids is 1. The van der Waals surface area contributed by atoms with E-state index >= 15 is 0 Å². The Morgan fingerprint density at radius 1 is 1.24 bits per heavy atom. The van der Waals surface area contributed by atoms with Gasteiger partial charge in [0.2, 0.25) is 0 Å². The molecule has 0 unspecified atom stereocenters. The van der Waals surface area contributed by atoms with Crippen molar-refractivity contribution < 1.29 is 19.0 Å². The Morgan fingerprint density at radius 2 is 2.00 bits per heavy atom. The van der Waals surface area contributed by atoms with E-state index in [1.54, 1.807) is 24.3 Å². The molecule has 8 heteroatoms. The Labute approximate surface area is 150 Å². The molecule has 4 N–H and O–H groups in total. The zero-order valence-corrected chi connectivity index (χ0v) is 14.3. The number of rotatable bonds is 6. The average Bonchev–Trinajstić information content (AvgIpc) is 2.60. The van der Waals surface area contributed by atoms with Crippen LogP contribution in [0.5, 0.6) is 11.5 Å². The van der Waals surface area contributed by atoms with Crippen LogP contribution in [-0.2, 0) is 11.3 Å². The number of halogens is 1. The van der Waals surface area contributed by atoms with Crippen molar-refractivity contribution in [2.24, 2.45) is 0 Å². The van der Waals surface area contributed by atoms with Gasteiger partial charge in [-0.1, -0.05) is 36.5 Å². The average molecular weight is 363 g/mol. The molecule has 2 rings (SSSR count). The van der Waals surface area contributed by atoms with Crippen LogP contribution in [0.3, 0.4) is 0 Å². The standard InChI is InChI=1S/C17H18FN3O3S/c1-2-24-14-9-5-6-11(15(14)22)10-19-21-17(25)16(23)20-13-8-4-3-7-12(13)18/h3-9,19,22H,2,10H2,1H3,(H,20,23)(H,21,25). The number of hydrogen-bond acceptors (Lipinski definition) is 5. The molecule has 0 radical (unpaired) electrons. The molecule has 0 fully saturated rings. The summed E-state index contributed by atoms with van der Waals surface area (Å²) in [5.41, 5.74) is 5.88. The molecule has 0 atom stereocenters. The number of thiocarbonyl (C=S) groups is 1. The second kappa shape index (κ2) is 8.95. The maximum atomic E-state index is 13.5. The Morgan fingerprint density at radius 3 is 2.72 bits per heavy atom. The van der Waals surface area contributed by atoms with E-state index in [4.69, 9.17) is 17.0 Å². The van der Waals surface area contributed by atoms with Crippen LogP contribution in [0.15, 0.2) is 42.5 Å². The third kappa shape index (κ3) is 5.13. The van der Waals surface area contributed by atoms with E-state index in [0.29, 0.717) is 17.9 Å². The van der Waals surface area contributed by atoms with Crippen molar-refractivity contribution in [2.75, 3.05) is 11.9 Å². The van der Waals surface area contributed by atoms with Crippen LogP contribution >= 0.6 is 12.2 Å². The van der Waals surface area contributed by atoms with Gasteiger partial charge in [-0.05, 0) is 25.1 Å². The molecule has 2 aromatic carbocycles. The van der Waals surface area contributed by atoms with Crippen LogP contribution in [0.4, 0.5) is 10.1 Å². The van der Waals surface area contributed by atoms with Crippen LogP contribution in [0.25, 0.3) is 0 Å². The highest BCUT2D eigenvalue weighted by atomic mass is 32.1. The van der Waals surface area contributed by atoms with Gasteiger partial charge in [-0.15, -0.1) is 0 Å². The number of anilines is 1. The van der Waals surface area contributed by atoms with Gasteiger partial charge in [0.15, 0.2) is 16.5 Å². The van der Waals surface area contributed by atoms with Gasteiger partial charge in [-0.2, -0.15) is 0 Å². The monoisotopic (exact) mass is 363 g/mol. The lowest BCUT2D eigenvalue weighted by Gasteiger charge is -2.13. The van der Waals surface area contributed by atoms with Crippen molar-refractivity contribution in [3.05, 3.63) is 53.8 Å². The van der Waals surface area contributed by atoms with E-state index in [0.717, 1.165) is 0 Å². The van der Waals surface area contributed by atoms with Gasteiger partial charge < -0.3 is 20.6 Å². The highest BCUT2D eigenvalue weighted by Gasteiger charge is 2.12. The van der Waals surface area contributed by atoms with E-state index in [-0.39, 0.29) is 23.0 Å². The fourth-order valence-corrected chi connectivity index (χ4v) is 2.12. The summed E-state index contributed by atoms with van der Waals surface area (Å²) in [6.07, 6.45) is 0. The lowest BCUT2D eigenvalue weighted by Crippen LogP contribution is -2.42. The quantitative estimate of drug-likeness (QED) is 0.466. The molecular weight excluding hydrogens is 345 g/mol. The number of carbonyl (C=O) groups is 1. The number of hydrazine groups is 1. The predicted molar refractivity (Wildman–Crippen MR) is 96.9 cm³/mol. The highest BCUT2D eigenvalue weighted by molar-refractivity contribution is 7.82. The number of hydrogen-bond donors (Lipinski definition) is 4. The van der Waals surface area contributed by atoms with E-state index < -0.39 is 11.7 Å². The zero-order valence-electron chi connectivity index (χ0n) is 13.5. The first-order valence-corrected chi connectivity index (χ1v) is 7.96. The fourth-order valence-electron chi connectivity index (χ4n) is 2.00. The molecule has 0 saturated heterocycles. The smallest absolute Gasteiger partial charge is 0.284 e. The van der Waals surface area contributed by atoms with Gasteiger partial charge in [0.05, 0.1) is 12.3 Å². The summed E-state index contributed by atoms with van der Waals surface area (Å²) in [7, 11) is 0. The first-order chi connectivity index (χ1) is 12.0. The van der Waals surface area contributed by atoms with Crippen molar-refractivity contribution in [1.82, 2.24) is 10.9 Å². The van der Waals surface area contributed by atoms with Gasteiger partial charge in [0.25, 0.3) is 5.91 Å². The third-order valence-corrected chi connectivity index (χ3v) is 3.48.